The Balaban J connectivity index is 1.28. The van der Waals surface area contributed by atoms with Crippen LogP contribution in [0.5, 0.6) is 0 Å². The molecule has 0 radical (unpaired) electrons. The van der Waals surface area contributed by atoms with Gasteiger partial charge in [0.25, 0.3) is 0 Å². The number of esters is 1. The molecule has 6 rings (SSSR count). The maximum Gasteiger partial charge on any atom is 0.308 e. The lowest BCUT2D eigenvalue weighted by Crippen LogP contribution is -2.63. The van der Waals surface area contributed by atoms with E-state index in [1.807, 2.05) is 45.0 Å². The highest BCUT2D eigenvalue weighted by Gasteiger charge is 2.48. The fourth-order valence-corrected chi connectivity index (χ4v) is 10.4. The van der Waals surface area contributed by atoms with Crippen LogP contribution in [0.1, 0.15) is 64.5 Å². The normalized spacial score (nSPS) is 36.8. The van der Waals surface area contributed by atoms with Gasteiger partial charge in [-0.15, -0.1) is 11.3 Å². The summed E-state index contributed by atoms with van der Waals surface area (Å²) in [5, 5.41) is 47.3. The topological polar surface area (TPSA) is 239 Å². The minimum atomic E-state index is -1.27. The Morgan fingerprint density at radius 3 is 2.41 bits per heavy atom. The van der Waals surface area contributed by atoms with Crippen molar-refractivity contribution in [3.05, 3.63) is 64.7 Å². The zero-order valence-electron chi connectivity index (χ0n) is 42.2. The number of oxime groups is 1. The number of nitrogens with zero attached hydrogens (tertiary/aromatic N) is 4. The van der Waals surface area contributed by atoms with Gasteiger partial charge < -0.3 is 67.7 Å². The van der Waals surface area contributed by atoms with E-state index < -0.39 is 97.3 Å². The minimum Gasteiger partial charge on any atom is -0.465 e. The predicted octanol–water partition coefficient (Wildman–Crippen LogP) is 4.21. The van der Waals surface area contributed by atoms with Gasteiger partial charge in [0, 0.05) is 43.5 Å². The number of likely N-dealkylation sites (N-methyl/N-ethyl adjacent to an activating group) is 1. The van der Waals surface area contributed by atoms with E-state index in [0.717, 1.165) is 15.3 Å². The van der Waals surface area contributed by atoms with E-state index in [0.29, 0.717) is 29.9 Å². The summed E-state index contributed by atoms with van der Waals surface area (Å²) in [4.78, 5) is 41.9. The van der Waals surface area contributed by atoms with Crippen molar-refractivity contribution < 1.29 is 72.4 Å². The molecule has 0 aliphatic carbocycles. The number of aliphatic hydroxyl groups is 3. The Hall–Kier alpha value is -4.05. The highest BCUT2D eigenvalue weighted by molar-refractivity contribution is 7.15. The number of ketones is 1. The van der Waals surface area contributed by atoms with E-state index in [1.165, 1.54) is 31.6 Å². The molecule has 2 bridgehead atoms. The largest absolute Gasteiger partial charge is 0.465 e. The van der Waals surface area contributed by atoms with Gasteiger partial charge in [0.05, 0.1) is 80.0 Å². The Bertz CT molecular complexity index is 2180. The van der Waals surface area contributed by atoms with Gasteiger partial charge >= 0.3 is 5.97 Å². The van der Waals surface area contributed by atoms with Gasteiger partial charge in [-0.25, -0.2) is 4.98 Å². The van der Waals surface area contributed by atoms with Crippen LogP contribution >= 0.6 is 11.3 Å². The van der Waals surface area contributed by atoms with E-state index in [-0.39, 0.29) is 57.8 Å². The summed E-state index contributed by atoms with van der Waals surface area (Å²) in [6.45, 7) is 9.25. The molecular formula is C51H72N4O15S. The number of aromatic nitrogens is 1. The number of pyridine rings is 1. The smallest absolute Gasteiger partial charge is 0.308 e. The summed E-state index contributed by atoms with van der Waals surface area (Å²) in [6, 6.07) is 10.4. The van der Waals surface area contributed by atoms with Gasteiger partial charge in [-0.1, -0.05) is 42.8 Å². The quantitative estimate of drug-likeness (QED) is 0.199. The lowest BCUT2D eigenvalue weighted by atomic mass is 9.79. The number of ether oxygens (including phenoxy) is 9. The average Bonchev–Trinajstić information content (AvgIpc) is 3.82. The standard InChI is InChI=1S/C51H72N4O15S/c1-28-13-15-39(56)29(2)20-34-17-18-63-25-36(54-67-27-37-14-16-41(71-37)38-12-10-11-35(22-52)53-38)26-64-40(30(3)47(34)70-50-46(60)43(55(6)7)44(58)31(4)68-50)21-42(57)65-23-33(19-28)24-66-51-49(62-9)48(61-8)45(59)32(5)69-51/h10-16,19,29-34,40,43-51,58-60H,17-18,20-21,23-27H2,1-9H3/b15-13+,28-19+,54-36+/t29-,30+,31-,32-,33+,34?,40-,43+,44-,45-,46-,47-,48-,49-,50+,51-/m1/s1. The molecule has 3 N–H and O–H groups in total. The molecule has 2 aromatic rings. The van der Waals surface area contributed by atoms with Crippen molar-refractivity contribution in [2.75, 3.05) is 61.3 Å². The van der Waals surface area contributed by atoms with E-state index in [9.17, 15) is 30.2 Å². The van der Waals surface area contributed by atoms with Crippen LogP contribution < -0.4 is 0 Å². The molecule has 4 aliphatic rings. The minimum absolute atomic E-state index is 0.0170. The molecule has 16 atom stereocenters. The number of hydrogen-bond acceptors (Lipinski definition) is 20. The fraction of sp³-hybridized carbons (Fsp3) is 0.667. The molecule has 0 amide bonds. The van der Waals surface area contributed by atoms with Crippen LogP contribution in [0.25, 0.3) is 10.6 Å². The number of cyclic esters (lactones) is 1. The first-order valence-corrected chi connectivity index (χ1v) is 25.1. The zero-order chi connectivity index (χ0) is 51.4. The number of thiophene rings is 1. The van der Waals surface area contributed by atoms with Crippen LogP contribution in [0.15, 0.2) is 59.3 Å². The monoisotopic (exact) mass is 1010 g/mol. The molecule has 2 aromatic heterocycles. The van der Waals surface area contributed by atoms with Gasteiger partial charge in [0.2, 0.25) is 0 Å². The second-order valence-electron chi connectivity index (χ2n) is 19.1. The number of carbonyl (C=O) groups is 2. The lowest BCUT2D eigenvalue weighted by molar-refractivity contribution is -0.305. The Kier molecular flexibility index (Phi) is 21.2. The molecule has 1 unspecified atom stereocenters. The van der Waals surface area contributed by atoms with Crippen molar-refractivity contribution in [1.29, 1.82) is 5.26 Å². The van der Waals surface area contributed by atoms with Crippen LogP contribution in [0.2, 0.25) is 0 Å². The van der Waals surface area contributed by atoms with Crippen LogP contribution in [0.3, 0.4) is 0 Å². The fourth-order valence-electron chi connectivity index (χ4n) is 9.52. The number of nitriles is 1. The predicted molar refractivity (Wildman–Crippen MR) is 260 cm³/mol. The second-order valence-corrected chi connectivity index (χ2v) is 20.3. The summed E-state index contributed by atoms with van der Waals surface area (Å²) in [7, 11) is 6.48. The SMILES string of the molecule is CO[C@@H]1[C@H](O)[C@@H](C)O[C@@H](OC[C@H]2/C=C(C)/C=C/C(=O)[C@H](C)CC3CCOC/C(=N\OCc4ccc(-c5cccc(C#N)n5)s4)CO[C@H](CC(=O)OC2)[C@H](C)[C@H]3O[C@@H]2O[C@H](C)[C@@H](O)[C@H](N(C)C)[C@H]2O)[C@@H]1OC. The van der Waals surface area contributed by atoms with Crippen LogP contribution in [0, 0.1) is 35.0 Å². The molecule has 0 aromatic carbocycles. The van der Waals surface area contributed by atoms with Gasteiger partial charge in [-0.3, -0.25) is 9.59 Å². The number of hydrogen-bond donors (Lipinski definition) is 3. The molecule has 71 heavy (non-hydrogen) atoms. The Morgan fingerprint density at radius 1 is 0.930 bits per heavy atom. The summed E-state index contributed by atoms with van der Waals surface area (Å²) in [5.74, 6) is -2.67. The molecule has 3 fully saturated rings. The van der Waals surface area contributed by atoms with Crippen molar-refractivity contribution in [1.82, 2.24) is 9.88 Å². The maximum atomic E-state index is 14.2. The first kappa shape index (κ1) is 56.2. The van der Waals surface area contributed by atoms with Crippen LogP contribution in [-0.4, -0.2) is 178 Å². The number of methoxy groups -OCH3 is 2. The van der Waals surface area contributed by atoms with Crippen molar-refractivity contribution in [3.63, 3.8) is 0 Å². The molecule has 0 spiro atoms. The third-order valence-corrected chi connectivity index (χ3v) is 14.6. The van der Waals surface area contributed by atoms with Crippen molar-refractivity contribution in [3.8, 4) is 16.6 Å². The highest BCUT2D eigenvalue weighted by atomic mass is 32.1. The number of fused-ring (bicyclic) bond motifs is 3. The molecule has 20 heteroatoms. The third kappa shape index (κ3) is 15.0. The molecule has 0 saturated carbocycles. The van der Waals surface area contributed by atoms with Crippen LogP contribution in [-0.2, 0) is 63.7 Å². The molecule has 4 aliphatic heterocycles. The second kappa shape index (κ2) is 26.8. The van der Waals surface area contributed by atoms with Gasteiger partial charge in [-0.05, 0) is 84.0 Å². The lowest BCUT2D eigenvalue weighted by Gasteiger charge is -2.47. The van der Waals surface area contributed by atoms with Crippen molar-refractivity contribution >= 4 is 28.8 Å². The first-order chi connectivity index (χ1) is 34.0. The summed E-state index contributed by atoms with van der Waals surface area (Å²) in [6.07, 6.45) is -4.12. The van der Waals surface area contributed by atoms with Crippen LogP contribution in [0.4, 0.5) is 0 Å². The van der Waals surface area contributed by atoms with E-state index >= 15 is 0 Å². The molecular weight excluding hydrogens is 941 g/mol. The van der Waals surface area contributed by atoms with Gasteiger partial charge in [0.15, 0.2) is 25.0 Å². The summed E-state index contributed by atoms with van der Waals surface area (Å²) < 4.78 is 55.4. The first-order valence-electron chi connectivity index (χ1n) is 24.2. The number of allylic oxidation sites excluding steroid dienone is 3. The number of rotatable bonds is 12. The molecule has 3 saturated heterocycles. The molecule has 19 nitrogen and oxygen atoms in total. The van der Waals surface area contributed by atoms with E-state index in [1.54, 1.807) is 51.1 Å². The summed E-state index contributed by atoms with van der Waals surface area (Å²) >= 11 is 1.46. The molecule has 392 valence electrons. The molecule has 6 heterocycles. The van der Waals surface area contributed by atoms with Crippen molar-refractivity contribution in [2.24, 2.45) is 28.8 Å². The Morgan fingerprint density at radius 2 is 1.68 bits per heavy atom. The highest BCUT2D eigenvalue weighted by Crippen LogP contribution is 2.36. The zero-order valence-corrected chi connectivity index (χ0v) is 43.0. The summed E-state index contributed by atoms with van der Waals surface area (Å²) in [5.41, 5.74) is 2.14. The average molecular weight is 1010 g/mol. The van der Waals surface area contributed by atoms with Gasteiger partial charge in [0.1, 0.15) is 41.9 Å². The third-order valence-electron chi connectivity index (χ3n) is 13.6. The van der Waals surface area contributed by atoms with E-state index in [2.05, 4.69) is 16.2 Å². The van der Waals surface area contributed by atoms with E-state index in [4.69, 9.17) is 47.5 Å². The van der Waals surface area contributed by atoms with Gasteiger partial charge in [-0.2, -0.15) is 5.26 Å². The number of aliphatic hydroxyl groups excluding tert-OH is 3. The Labute approximate surface area is 420 Å². The number of carbonyl (C=O) groups excluding carboxylic acids is 2. The maximum absolute atomic E-state index is 14.2. The van der Waals surface area contributed by atoms with Crippen molar-refractivity contribution in [2.45, 2.75) is 134 Å².